The van der Waals surface area contributed by atoms with Crippen LogP contribution in [-0.4, -0.2) is 9.97 Å². The van der Waals surface area contributed by atoms with Gasteiger partial charge in [-0.3, -0.25) is 0 Å². The number of fused-ring (bicyclic) bond motifs is 1. The van der Waals surface area contributed by atoms with Crippen molar-refractivity contribution in [2.24, 2.45) is 0 Å². The topological polar surface area (TPSA) is 54.7 Å². The normalized spacial score (nSPS) is 11.2. The van der Waals surface area contributed by atoms with Gasteiger partial charge in [0.25, 0.3) is 0 Å². The monoisotopic (exact) mass is 283 g/mol. The van der Waals surface area contributed by atoms with Crippen LogP contribution in [0.1, 0.15) is 0 Å². The van der Waals surface area contributed by atoms with Gasteiger partial charge in [0.2, 0.25) is 0 Å². The van der Waals surface area contributed by atoms with E-state index in [0.29, 0.717) is 15.7 Å². The number of aromatic amines is 1. The minimum absolute atomic E-state index is 0.497. The van der Waals surface area contributed by atoms with Crippen LogP contribution in [0.2, 0.25) is 10.0 Å². The lowest BCUT2D eigenvalue weighted by Crippen LogP contribution is -1.84. The summed E-state index contributed by atoms with van der Waals surface area (Å²) in [5.74, 6) is 0.742. The molecule has 1 aromatic carbocycles. The molecule has 0 saturated carbocycles. The molecule has 3 nitrogen and oxygen atoms in total. The molecule has 3 N–H and O–H groups in total. The number of hydrogen-bond acceptors (Lipinski definition) is 3. The Morgan fingerprint density at radius 1 is 1.24 bits per heavy atom. The van der Waals surface area contributed by atoms with Gasteiger partial charge in [0.15, 0.2) is 5.82 Å². The number of H-pyrrole nitrogens is 1. The summed E-state index contributed by atoms with van der Waals surface area (Å²) < 4.78 is 0. The van der Waals surface area contributed by atoms with E-state index in [1.165, 1.54) is 0 Å². The fourth-order valence-corrected chi connectivity index (χ4v) is 2.71. The summed E-state index contributed by atoms with van der Waals surface area (Å²) in [7, 11) is 0. The number of halogens is 2. The molecule has 0 unspecified atom stereocenters. The summed E-state index contributed by atoms with van der Waals surface area (Å²) in [5, 5.41) is 2.93. The van der Waals surface area contributed by atoms with Crippen molar-refractivity contribution in [1.29, 1.82) is 0 Å². The molecule has 0 spiro atoms. The molecular weight excluding hydrogens is 277 g/mol. The average molecular weight is 284 g/mol. The highest BCUT2D eigenvalue weighted by Crippen LogP contribution is 2.33. The van der Waals surface area contributed by atoms with E-state index >= 15 is 0 Å². The molecule has 2 heterocycles. The van der Waals surface area contributed by atoms with E-state index in [-0.39, 0.29) is 0 Å². The largest absolute Gasteiger partial charge is 0.397 e. The number of imidazole rings is 1. The maximum absolute atomic E-state index is 5.95. The summed E-state index contributed by atoms with van der Waals surface area (Å²) in [5.41, 5.74) is 8.20. The Morgan fingerprint density at radius 3 is 2.71 bits per heavy atom. The third-order valence-electron chi connectivity index (χ3n) is 2.43. The van der Waals surface area contributed by atoms with E-state index in [9.17, 15) is 0 Å². The van der Waals surface area contributed by atoms with E-state index in [4.69, 9.17) is 28.9 Å². The van der Waals surface area contributed by atoms with Crippen LogP contribution >= 0.6 is 34.5 Å². The Kier molecular flexibility index (Phi) is 2.50. The first kappa shape index (κ1) is 10.9. The van der Waals surface area contributed by atoms with Gasteiger partial charge >= 0.3 is 0 Å². The molecule has 2 aromatic heterocycles. The van der Waals surface area contributed by atoms with Crippen molar-refractivity contribution >= 4 is 51.3 Å². The number of rotatable bonds is 1. The molecule has 0 saturated heterocycles. The predicted octanol–water partition coefficient (Wildman–Crippen LogP) is 4.18. The van der Waals surface area contributed by atoms with Gasteiger partial charge in [-0.2, -0.15) is 0 Å². The second-order valence-electron chi connectivity index (χ2n) is 3.57. The van der Waals surface area contributed by atoms with Gasteiger partial charge < -0.3 is 10.7 Å². The molecule has 0 amide bonds. The molecule has 3 rings (SSSR count). The molecule has 17 heavy (non-hydrogen) atoms. The molecule has 6 heteroatoms. The van der Waals surface area contributed by atoms with E-state index in [1.807, 2.05) is 11.4 Å². The Bertz CT molecular complexity index is 663. The Labute approximate surface area is 111 Å². The molecule has 86 valence electrons. The Balaban J connectivity index is 2.24. The lowest BCUT2D eigenvalue weighted by molar-refractivity contribution is 1.36. The second-order valence-corrected chi connectivity index (χ2v) is 5.30. The number of thiophene rings is 1. The number of hydrogen-bond donors (Lipinski definition) is 2. The smallest absolute Gasteiger partial charge is 0.150 e. The van der Waals surface area contributed by atoms with E-state index in [0.717, 1.165) is 21.7 Å². The van der Waals surface area contributed by atoms with Gasteiger partial charge in [0.05, 0.1) is 31.6 Å². The maximum Gasteiger partial charge on any atom is 0.150 e. The van der Waals surface area contributed by atoms with Crippen LogP contribution in [0.25, 0.3) is 21.7 Å². The first-order chi connectivity index (χ1) is 8.15. The van der Waals surface area contributed by atoms with E-state index in [1.54, 1.807) is 23.5 Å². The predicted molar refractivity (Wildman–Crippen MR) is 73.8 cm³/mol. The third kappa shape index (κ3) is 1.78. The van der Waals surface area contributed by atoms with Crippen LogP contribution in [0.3, 0.4) is 0 Å². The maximum atomic E-state index is 5.95. The zero-order chi connectivity index (χ0) is 12.0. The van der Waals surface area contributed by atoms with Crippen LogP contribution in [0, 0.1) is 0 Å². The van der Waals surface area contributed by atoms with Crippen molar-refractivity contribution in [3.63, 3.8) is 0 Å². The van der Waals surface area contributed by atoms with Gasteiger partial charge in [-0.25, -0.2) is 4.98 Å². The van der Waals surface area contributed by atoms with Crippen molar-refractivity contribution in [2.75, 3.05) is 5.73 Å². The Hall–Kier alpha value is -1.23. The number of anilines is 1. The SMILES string of the molecule is Nc1ccsc1-c1nc2cc(Cl)c(Cl)cc2[nH]1. The summed E-state index contributed by atoms with van der Waals surface area (Å²) in [4.78, 5) is 8.56. The van der Waals surface area contributed by atoms with Crippen LogP contribution in [0.15, 0.2) is 23.6 Å². The van der Waals surface area contributed by atoms with Gasteiger partial charge in [-0.1, -0.05) is 23.2 Å². The Morgan fingerprint density at radius 2 is 2.00 bits per heavy atom. The van der Waals surface area contributed by atoms with E-state index < -0.39 is 0 Å². The van der Waals surface area contributed by atoms with Crippen molar-refractivity contribution in [2.45, 2.75) is 0 Å². The molecule has 0 atom stereocenters. The molecule has 0 aliphatic carbocycles. The van der Waals surface area contributed by atoms with Crippen molar-refractivity contribution in [3.8, 4) is 10.7 Å². The first-order valence-electron chi connectivity index (χ1n) is 4.83. The molecule has 0 radical (unpaired) electrons. The van der Waals surface area contributed by atoms with Crippen LogP contribution in [0.5, 0.6) is 0 Å². The third-order valence-corrected chi connectivity index (χ3v) is 4.09. The fraction of sp³-hybridized carbons (Fsp3) is 0. The first-order valence-corrected chi connectivity index (χ1v) is 6.47. The lowest BCUT2D eigenvalue weighted by Gasteiger charge is -1.93. The standard InChI is InChI=1S/C11H7Cl2N3S/c12-5-3-8-9(4-6(5)13)16-11(15-8)10-7(14)1-2-17-10/h1-4H,14H2,(H,15,16). The van der Waals surface area contributed by atoms with Crippen molar-refractivity contribution in [1.82, 2.24) is 9.97 Å². The number of aromatic nitrogens is 2. The molecule has 0 aliphatic rings. The summed E-state index contributed by atoms with van der Waals surface area (Å²) in [6, 6.07) is 5.36. The zero-order valence-electron chi connectivity index (χ0n) is 8.50. The average Bonchev–Trinajstić information content (AvgIpc) is 2.85. The van der Waals surface area contributed by atoms with Gasteiger partial charge in [-0.15, -0.1) is 11.3 Å². The van der Waals surface area contributed by atoms with Crippen molar-refractivity contribution < 1.29 is 0 Å². The second kappa shape index (κ2) is 3.91. The minimum Gasteiger partial charge on any atom is -0.397 e. The fourth-order valence-electron chi connectivity index (χ4n) is 1.62. The van der Waals surface area contributed by atoms with Gasteiger partial charge in [-0.05, 0) is 23.6 Å². The molecular formula is C11H7Cl2N3S. The number of nitrogens with zero attached hydrogens (tertiary/aromatic N) is 1. The number of nitrogens with two attached hydrogens (primary N) is 1. The van der Waals surface area contributed by atoms with Crippen LogP contribution in [-0.2, 0) is 0 Å². The quantitative estimate of drug-likeness (QED) is 0.704. The highest BCUT2D eigenvalue weighted by molar-refractivity contribution is 7.14. The van der Waals surface area contributed by atoms with E-state index in [2.05, 4.69) is 9.97 Å². The van der Waals surface area contributed by atoms with Gasteiger partial charge in [0, 0.05) is 0 Å². The molecule has 0 bridgehead atoms. The molecule has 3 aromatic rings. The number of nitrogens with one attached hydrogen (secondary N) is 1. The number of benzene rings is 1. The summed E-state index contributed by atoms with van der Waals surface area (Å²) >= 11 is 13.4. The number of nitrogen functional groups attached to an aromatic ring is 1. The van der Waals surface area contributed by atoms with Crippen LogP contribution < -0.4 is 5.73 Å². The highest BCUT2D eigenvalue weighted by atomic mass is 35.5. The summed E-state index contributed by atoms with van der Waals surface area (Å²) in [6.45, 7) is 0. The zero-order valence-corrected chi connectivity index (χ0v) is 10.8. The molecule has 0 fully saturated rings. The summed E-state index contributed by atoms with van der Waals surface area (Å²) in [6.07, 6.45) is 0. The van der Waals surface area contributed by atoms with Gasteiger partial charge in [0.1, 0.15) is 0 Å². The minimum atomic E-state index is 0.497. The lowest BCUT2D eigenvalue weighted by atomic mass is 10.3. The highest BCUT2D eigenvalue weighted by Gasteiger charge is 2.11. The molecule has 0 aliphatic heterocycles. The van der Waals surface area contributed by atoms with Crippen molar-refractivity contribution in [3.05, 3.63) is 33.6 Å². The van der Waals surface area contributed by atoms with Crippen LogP contribution in [0.4, 0.5) is 5.69 Å².